The van der Waals surface area contributed by atoms with E-state index in [1.54, 1.807) is 29.1 Å². The zero-order chi connectivity index (χ0) is 19.8. The highest BCUT2D eigenvalue weighted by Gasteiger charge is 2.23. The predicted octanol–water partition coefficient (Wildman–Crippen LogP) is 3.88. The minimum absolute atomic E-state index is 0.000331. The standard InChI is InChI=1S/C21H15FN4O3/c22-15-5-3-4-13(8-15)17-9-20(29-25-17)24-19(27)11-26-21-14(10-23-26)12-28-18-7-2-1-6-16(18)21/h1-10H,11-12H2,(H,24,27). The summed E-state index contributed by atoms with van der Waals surface area (Å²) >= 11 is 0. The Balaban J connectivity index is 1.34. The maximum atomic E-state index is 13.4. The Kier molecular flexibility index (Phi) is 4.09. The van der Waals surface area contributed by atoms with Crippen LogP contribution in [0.15, 0.2) is 65.3 Å². The molecule has 0 saturated carbocycles. The number of halogens is 1. The molecule has 2 aromatic heterocycles. The molecule has 5 rings (SSSR count). The van der Waals surface area contributed by atoms with E-state index in [4.69, 9.17) is 9.26 Å². The fourth-order valence-electron chi connectivity index (χ4n) is 3.34. The SMILES string of the molecule is O=C(Cn1ncc2c1-c1ccccc1OC2)Nc1cc(-c2cccc(F)c2)no1. The van der Waals surface area contributed by atoms with Crippen molar-refractivity contribution in [2.24, 2.45) is 0 Å². The third-order valence-electron chi connectivity index (χ3n) is 4.63. The van der Waals surface area contributed by atoms with Gasteiger partial charge in [-0.15, -0.1) is 0 Å². The molecule has 0 unspecified atom stereocenters. The average molecular weight is 390 g/mol. The quantitative estimate of drug-likeness (QED) is 0.572. The molecular formula is C21H15FN4O3. The number of ether oxygens (including phenoxy) is 1. The van der Waals surface area contributed by atoms with E-state index >= 15 is 0 Å². The number of anilines is 1. The van der Waals surface area contributed by atoms with Crippen LogP contribution in [0, 0.1) is 5.82 Å². The first kappa shape index (κ1) is 17.2. The molecule has 0 atom stereocenters. The van der Waals surface area contributed by atoms with Crippen LogP contribution in [0.1, 0.15) is 5.56 Å². The molecule has 8 heteroatoms. The Morgan fingerprint density at radius 3 is 2.97 bits per heavy atom. The number of amides is 1. The number of hydrogen-bond acceptors (Lipinski definition) is 5. The lowest BCUT2D eigenvalue weighted by molar-refractivity contribution is -0.117. The summed E-state index contributed by atoms with van der Waals surface area (Å²) in [5.41, 5.74) is 3.67. The number of carbonyl (C=O) groups excluding carboxylic acids is 1. The molecule has 0 bridgehead atoms. The first-order chi connectivity index (χ1) is 14.2. The first-order valence-electron chi connectivity index (χ1n) is 8.97. The number of nitrogens with zero attached hydrogens (tertiary/aromatic N) is 3. The second-order valence-corrected chi connectivity index (χ2v) is 6.60. The van der Waals surface area contributed by atoms with E-state index < -0.39 is 0 Å². The third-order valence-corrected chi connectivity index (χ3v) is 4.63. The molecule has 0 spiro atoms. The lowest BCUT2D eigenvalue weighted by atomic mass is 10.0. The van der Waals surface area contributed by atoms with Gasteiger partial charge in [0, 0.05) is 22.8 Å². The highest BCUT2D eigenvalue weighted by atomic mass is 19.1. The highest BCUT2D eigenvalue weighted by Crippen LogP contribution is 2.37. The Hall–Kier alpha value is -3.94. The van der Waals surface area contributed by atoms with Gasteiger partial charge in [-0.1, -0.05) is 29.4 Å². The summed E-state index contributed by atoms with van der Waals surface area (Å²) in [7, 11) is 0. The summed E-state index contributed by atoms with van der Waals surface area (Å²) in [6.45, 7) is 0.409. The monoisotopic (exact) mass is 390 g/mol. The Labute approximate surface area is 164 Å². The van der Waals surface area contributed by atoms with Gasteiger partial charge in [0.1, 0.15) is 30.4 Å². The molecule has 2 aromatic carbocycles. The van der Waals surface area contributed by atoms with Gasteiger partial charge in [-0.05, 0) is 24.3 Å². The van der Waals surface area contributed by atoms with E-state index in [-0.39, 0.29) is 24.2 Å². The molecule has 4 aromatic rings. The molecule has 0 radical (unpaired) electrons. The molecule has 3 heterocycles. The Morgan fingerprint density at radius 2 is 2.07 bits per heavy atom. The second-order valence-electron chi connectivity index (χ2n) is 6.60. The van der Waals surface area contributed by atoms with Crippen molar-refractivity contribution in [1.82, 2.24) is 14.9 Å². The topological polar surface area (TPSA) is 82.2 Å². The largest absolute Gasteiger partial charge is 0.488 e. The molecular weight excluding hydrogens is 375 g/mol. The van der Waals surface area contributed by atoms with Crippen molar-refractivity contribution in [2.75, 3.05) is 5.32 Å². The van der Waals surface area contributed by atoms with Crippen LogP contribution in [0.4, 0.5) is 10.3 Å². The molecule has 1 N–H and O–H groups in total. The number of rotatable bonds is 4. The molecule has 0 saturated heterocycles. The van der Waals surface area contributed by atoms with E-state index in [0.717, 1.165) is 22.6 Å². The van der Waals surface area contributed by atoms with Crippen LogP contribution in [0.5, 0.6) is 5.75 Å². The molecule has 0 aliphatic carbocycles. The fraction of sp³-hybridized carbons (Fsp3) is 0.0952. The number of para-hydroxylation sites is 1. The smallest absolute Gasteiger partial charge is 0.248 e. The second kappa shape index (κ2) is 6.90. The van der Waals surface area contributed by atoms with E-state index in [9.17, 15) is 9.18 Å². The van der Waals surface area contributed by atoms with Crippen LogP contribution in [0.3, 0.4) is 0 Å². The summed E-state index contributed by atoms with van der Waals surface area (Å²) in [6.07, 6.45) is 1.70. The van der Waals surface area contributed by atoms with Crippen LogP contribution in [-0.2, 0) is 17.9 Å². The number of aromatic nitrogens is 3. The zero-order valence-electron chi connectivity index (χ0n) is 15.1. The van der Waals surface area contributed by atoms with Crippen LogP contribution in [0.2, 0.25) is 0 Å². The van der Waals surface area contributed by atoms with Gasteiger partial charge >= 0.3 is 0 Å². The maximum Gasteiger partial charge on any atom is 0.248 e. The molecule has 29 heavy (non-hydrogen) atoms. The summed E-state index contributed by atoms with van der Waals surface area (Å²) in [5, 5.41) is 10.9. The van der Waals surface area contributed by atoms with E-state index in [0.29, 0.717) is 17.9 Å². The fourth-order valence-corrected chi connectivity index (χ4v) is 3.34. The maximum absolute atomic E-state index is 13.4. The van der Waals surface area contributed by atoms with Gasteiger partial charge in [-0.3, -0.25) is 14.8 Å². The Morgan fingerprint density at radius 1 is 1.17 bits per heavy atom. The first-order valence-corrected chi connectivity index (χ1v) is 8.97. The molecule has 1 amide bonds. The van der Waals surface area contributed by atoms with E-state index in [2.05, 4.69) is 15.6 Å². The summed E-state index contributed by atoms with van der Waals surface area (Å²) in [4.78, 5) is 12.5. The van der Waals surface area contributed by atoms with Crippen molar-refractivity contribution >= 4 is 11.8 Å². The van der Waals surface area contributed by atoms with Gasteiger partial charge in [-0.25, -0.2) is 4.39 Å². The average Bonchev–Trinajstić information content (AvgIpc) is 3.35. The van der Waals surface area contributed by atoms with Crippen molar-refractivity contribution in [3.63, 3.8) is 0 Å². The lowest BCUT2D eigenvalue weighted by Gasteiger charge is -2.18. The third kappa shape index (κ3) is 3.25. The van der Waals surface area contributed by atoms with Gasteiger partial charge in [0.25, 0.3) is 0 Å². The molecule has 1 aliphatic heterocycles. The van der Waals surface area contributed by atoms with Crippen molar-refractivity contribution in [3.8, 4) is 28.3 Å². The van der Waals surface area contributed by atoms with Gasteiger partial charge in [-0.2, -0.15) is 5.10 Å². The van der Waals surface area contributed by atoms with Crippen LogP contribution >= 0.6 is 0 Å². The highest BCUT2D eigenvalue weighted by molar-refractivity contribution is 5.90. The van der Waals surface area contributed by atoms with Crippen molar-refractivity contribution in [2.45, 2.75) is 13.2 Å². The van der Waals surface area contributed by atoms with Crippen molar-refractivity contribution < 1.29 is 18.4 Å². The van der Waals surface area contributed by atoms with E-state index in [1.165, 1.54) is 12.1 Å². The number of hydrogen-bond donors (Lipinski definition) is 1. The number of fused-ring (bicyclic) bond motifs is 3. The summed E-state index contributed by atoms with van der Waals surface area (Å²) in [5.74, 6) is 0.252. The van der Waals surface area contributed by atoms with Crippen molar-refractivity contribution in [3.05, 3.63) is 72.2 Å². The predicted molar refractivity (Wildman–Crippen MR) is 103 cm³/mol. The van der Waals surface area contributed by atoms with Gasteiger partial charge in [0.2, 0.25) is 11.8 Å². The van der Waals surface area contributed by atoms with Crippen LogP contribution in [0.25, 0.3) is 22.5 Å². The Bertz CT molecular complexity index is 1210. The van der Waals surface area contributed by atoms with Crippen LogP contribution < -0.4 is 10.1 Å². The number of carbonyl (C=O) groups is 1. The summed E-state index contributed by atoms with van der Waals surface area (Å²) < 4.78 is 25.9. The minimum Gasteiger partial charge on any atom is -0.488 e. The van der Waals surface area contributed by atoms with Gasteiger partial charge < -0.3 is 9.26 Å². The van der Waals surface area contributed by atoms with Gasteiger partial charge in [0.15, 0.2) is 0 Å². The number of nitrogens with one attached hydrogen (secondary N) is 1. The molecule has 144 valence electrons. The van der Waals surface area contributed by atoms with Crippen LogP contribution in [-0.4, -0.2) is 20.8 Å². The van der Waals surface area contributed by atoms with Gasteiger partial charge in [0.05, 0.1) is 11.9 Å². The lowest BCUT2D eigenvalue weighted by Crippen LogP contribution is -2.20. The molecule has 7 nitrogen and oxygen atoms in total. The zero-order valence-corrected chi connectivity index (χ0v) is 15.1. The summed E-state index contributed by atoms with van der Waals surface area (Å²) in [6, 6.07) is 15.2. The normalized spacial score (nSPS) is 12.0. The van der Waals surface area contributed by atoms with Crippen molar-refractivity contribution in [1.29, 1.82) is 0 Å². The number of benzene rings is 2. The molecule has 1 aliphatic rings. The molecule has 0 fully saturated rings. The van der Waals surface area contributed by atoms with E-state index in [1.807, 2.05) is 24.3 Å². The minimum atomic E-state index is -0.371.